The Kier molecular flexibility index (Phi) is 4.30. The molecule has 0 aliphatic carbocycles. The van der Waals surface area contributed by atoms with Crippen LogP contribution in [0.4, 0.5) is 0 Å². The molecule has 0 spiro atoms. The summed E-state index contributed by atoms with van der Waals surface area (Å²) >= 11 is 0. The van der Waals surface area contributed by atoms with E-state index >= 15 is 0 Å². The maximum absolute atomic E-state index is 8.80. The Hall–Kier alpha value is -0.380. The van der Waals surface area contributed by atoms with Crippen molar-refractivity contribution >= 4 is 0 Å². The van der Waals surface area contributed by atoms with Crippen LogP contribution in [0.2, 0.25) is 0 Å². The predicted molar refractivity (Wildman–Crippen MR) is 35.9 cm³/mol. The number of rotatable bonds is 3. The Balaban J connectivity index is 3.43. The van der Waals surface area contributed by atoms with Gasteiger partial charge in [0.25, 0.3) is 0 Å². The predicted octanol–water partition coefficient (Wildman–Crippen LogP) is -0.539. The molecule has 54 valence electrons. The monoisotopic (exact) mass is 131 g/mol. The average Bonchev–Trinajstić information content (AvgIpc) is 1.83. The molecule has 0 aliphatic rings. The molecule has 3 nitrogen and oxygen atoms in total. The topological polar surface area (TPSA) is 52.5 Å². The van der Waals surface area contributed by atoms with Crippen LogP contribution in [0.5, 0.6) is 0 Å². The molecule has 0 amide bonds. The first-order valence-electron chi connectivity index (χ1n) is 2.88. The number of aliphatic hydroxyl groups excluding tert-OH is 2. The van der Waals surface area contributed by atoms with Crippen molar-refractivity contribution in [3.05, 3.63) is 12.2 Å². The number of hydrogen-bond acceptors (Lipinski definition) is 3. The second-order valence-corrected chi connectivity index (χ2v) is 1.86. The van der Waals surface area contributed by atoms with E-state index in [1.165, 1.54) is 12.2 Å². The fourth-order valence-corrected chi connectivity index (χ4v) is 0.362. The third-order valence-corrected chi connectivity index (χ3v) is 0.868. The van der Waals surface area contributed by atoms with E-state index < -0.39 is 12.3 Å². The van der Waals surface area contributed by atoms with Crippen molar-refractivity contribution < 1.29 is 10.2 Å². The Labute approximate surface area is 55.0 Å². The lowest BCUT2D eigenvalue weighted by molar-refractivity contribution is 0.190. The average molecular weight is 131 g/mol. The van der Waals surface area contributed by atoms with E-state index in [4.69, 9.17) is 10.2 Å². The summed E-state index contributed by atoms with van der Waals surface area (Å²) in [6, 6.07) is 0. The Bertz CT molecular complexity index is 91.1. The molecule has 0 aromatic heterocycles. The molecule has 2 atom stereocenters. The maximum atomic E-state index is 8.80. The fraction of sp³-hybridized carbons (Fsp3) is 0.667. The van der Waals surface area contributed by atoms with Gasteiger partial charge in [-0.05, 0) is 20.0 Å². The van der Waals surface area contributed by atoms with Crippen LogP contribution >= 0.6 is 0 Å². The van der Waals surface area contributed by atoms with Crippen molar-refractivity contribution in [2.75, 3.05) is 7.05 Å². The standard InChI is InChI=1S/C6H13NO2/c1-5(8)3-4-6(9)7-2/h3-9H,1-2H3/b4-3-. The zero-order chi connectivity index (χ0) is 7.28. The van der Waals surface area contributed by atoms with Gasteiger partial charge in [-0.15, -0.1) is 0 Å². The van der Waals surface area contributed by atoms with Crippen molar-refractivity contribution in [2.24, 2.45) is 0 Å². The van der Waals surface area contributed by atoms with Crippen LogP contribution < -0.4 is 5.32 Å². The Morgan fingerprint density at radius 1 is 1.33 bits per heavy atom. The third kappa shape index (κ3) is 5.49. The zero-order valence-electron chi connectivity index (χ0n) is 5.70. The van der Waals surface area contributed by atoms with Gasteiger partial charge in [-0.2, -0.15) is 0 Å². The first kappa shape index (κ1) is 8.62. The van der Waals surface area contributed by atoms with Gasteiger partial charge in [0.1, 0.15) is 6.23 Å². The Morgan fingerprint density at radius 2 is 1.89 bits per heavy atom. The van der Waals surface area contributed by atoms with Gasteiger partial charge in [0.2, 0.25) is 0 Å². The van der Waals surface area contributed by atoms with Crippen LogP contribution in [0.1, 0.15) is 6.92 Å². The number of aliphatic hydroxyl groups is 2. The molecule has 3 heteroatoms. The van der Waals surface area contributed by atoms with Crippen LogP contribution in [0.15, 0.2) is 12.2 Å². The zero-order valence-corrected chi connectivity index (χ0v) is 5.70. The largest absolute Gasteiger partial charge is 0.389 e. The summed E-state index contributed by atoms with van der Waals surface area (Å²) in [7, 11) is 1.64. The smallest absolute Gasteiger partial charge is 0.123 e. The van der Waals surface area contributed by atoms with Gasteiger partial charge in [-0.25, -0.2) is 0 Å². The minimum absolute atomic E-state index is 0.493. The van der Waals surface area contributed by atoms with E-state index in [1.807, 2.05) is 0 Å². The van der Waals surface area contributed by atoms with Crippen LogP contribution in [0.25, 0.3) is 0 Å². The van der Waals surface area contributed by atoms with Gasteiger partial charge in [0, 0.05) is 0 Å². The fourth-order valence-electron chi connectivity index (χ4n) is 0.362. The summed E-state index contributed by atoms with van der Waals surface area (Å²) in [5.41, 5.74) is 0. The summed E-state index contributed by atoms with van der Waals surface area (Å²) in [5.74, 6) is 0. The lowest BCUT2D eigenvalue weighted by atomic mass is 10.3. The summed E-state index contributed by atoms with van der Waals surface area (Å²) in [6.07, 6.45) is 1.86. The quantitative estimate of drug-likeness (QED) is 0.356. The highest BCUT2D eigenvalue weighted by Gasteiger charge is 1.91. The summed E-state index contributed by atoms with van der Waals surface area (Å²) in [4.78, 5) is 0. The van der Waals surface area contributed by atoms with Crippen molar-refractivity contribution in [3.8, 4) is 0 Å². The van der Waals surface area contributed by atoms with Gasteiger partial charge >= 0.3 is 0 Å². The maximum Gasteiger partial charge on any atom is 0.123 e. The highest BCUT2D eigenvalue weighted by Crippen LogP contribution is 1.84. The van der Waals surface area contributed by atoms with Gasteiger partial charge in [0.15, 0.2) is 0 Å². The molecular weight excluding hydrogens is 118 g/mol. The van der Waals surface area contributed by atoms with Crippen LogP contribution in [-0.4, -0.2) is 29.6 Å². The van der Waals surface area contributed by atoms with E-state index in [0.717, 1.165) is 0 Å². The lowest BCUT2D eigenvalue weighted by Gasteiger charge is -2.01. The first-order chi connectivity index (χ1) is 4.16. The number of nitrogens with one attached hydrogen (secondary N) is 1. The van der Waals surface area contributed by atoms with Crippen molar-refractivity contribution in [2.45, 2.75) is 19.3 Å². The normalized spacial score (nSPS) is 18.2. The van der Waals surface area contributed by atoms with Gasteiger partial charge < -0.3 is 10.2 Å². The van der Waals surface area contributed by atoms with E-state index in [9.17, 15) is 0 Å². The highest BCUT2D eigenvalue weighted by molar-refractivity contribution is 4.90. The molecule has 0 aromatic carbocycles. The molecule has 0 rings (SSSR count). The molecule has 0 saturated carbocycles. The van der Waals surface area contributed by atoms with Crippen LogP contribution in [0, 0.1) is 0 Å². The SMILES string of the molecule is CNC(O)/C=C\C(C)O. The van der Waals surface area contributed by atoms with E-state index in [-0.39, 0.29) is 0 Å². The van der Waals surface area contributed by atoms with E-state index in [1.54, 1.807) is 14.0 Å². The number of hydrogen-bond donors (Lipinski definition) is 3. The van der Waals surface area contributed by atoms with Gasteiger partial charge in [-0.1, -0.05) is 6.08 Å². The van der Waals surface area contributed by atoms with Gasteiger partial charge in [-0.3, -0.25) is 5.32 Å². The molecular formula is C6H13NO2. The molecule has 0 heterocycles. The molecule has 0 saturated heterocycles. The van der Waals surface area contributed by atoms with E-state index in [0.29, 0.717) is 0 Å². The first-order valence-corrected chi connectivity index (χ1v) is 2.88. The lowest BCUT2D eigenvalue weighted by Crippen LogP contribution is -2.21. The summed E-state index contributed by atoms with van der Waals surface area (Å²) < 4.78 is 0. The van der Waals surface area contributed by atoms with Gasteiger partial charge in [0.05, 0.1) is 6.10 Å². The minimum Gasteiger partial charge on any atom is -0.389 e. The highest BCUT2D eigenvalue weighted by atomic mass is 16.3. The van der Waals surface area contributed by atoms with Crippen molar-refractivity contribution in [1.82, 2.24) is 5.32 Å². The molecule has 0 radical (unpaired) electrons. The molecule has 3 N–H and O–H groups in total. The van der Waals surface area contributed by atoms with Crippen molar-refractivity contribution in [3.63, 3.8) is 0 Å². The Morgan fingerprint density at radius 3 is 2.22 bits per heavy atom. The second kappa shape index (κ2) is 4.49. The molecule has 0 bridgehead atoms. The van der Waals surface area contributed by atoms with E-state index in [2.05, 4.69) is 5.32 Å². The molecule has 0 aromatic rings. The molecule has 2 unspecified atom stereocenters. The van der Waals surface area contributed by atoms with Crippen molar-refractivity contribution in [1.29, 1.82) is 0 Å². The van der Waals surface area contributed by atoms with Crippen LogP contribution in [0.3, 0.4) is 0 Å². The third-order valence-electron chi connectivity index (χ3n) is 0.868. The summed E-state index contributed by atoms with van der Waals surface area (Å²) in [5, 5.41) is 20.0. The number of likely N-dealkylation sites (N-methyl/N-ethyl adjacent to an activating group) is 1. The second-order valence-electron chi connectivity index (χ2n) is 1.86. The minimum atomic E-state index is -0.653. The molecule has 9 heavy (non-hydrogen) atoms. The molecule has 0 fully saturated rings. The summed E-state index contributed by atoms with van der Waals surface area (Å²) in [6.45, 7) is 1.62. The molecule has 0 aliphatic heterocycles. The van der Waals surface area contributed by atoms with Crippen LogP contribution in [-0.2, 0) is 0 Å².